The number of carbonyl (C=O) groups excluding carboxylic acids is 1. The van der Waals surface area contributed by atoms with Gasteiger partial charge in [0.2, 0.25) is 0 Å². The predicted octanol–water partition coefficient (Wildman–Crippen LogP) is 4.65. The second kappa shape index (κ2) is 7.99. The number of rotatable bonds is 4. The van der Waals surface area contributed by atoms with Crippen molar-refractivity contribution in [1.82, 2.24) is 19.7 Å². The van der Waals surface area contributed by atoms with Crippen molar-refractivity contribution in [3.63, 3.8) is 0 Å². The van der Waals surface area contributed by atoms with E-state index in [0.717, 1.165) is 59.0 Å². The van der Waals surface area contributed by atoms with Crippen molar-refractivity contribution in [1.29, 1.82) is 0 Å². The summed E-state index contributed by atoms with van der Waals surface area (Å²) in [6, 6.07) is 12.1. The normalized spacial score (nSPS) is 16.4. The van der Waals surface area contributed by atoms with Gasteiger partial charge in [0.25, 0.3) is 5.91 Å². The van der Waals surface area contributed by atoms with Gasteiger partial charge >= 0.3 is 0 Å². The number of aromatic nitrogens is 3. The summed E-state index contributed by atoms with van der Waals surface area (Å²) in [6.07, 6.45) is 4.45. The molecule has 0 radical (unpaired) electrons. The Balaban J connectivity index is 1.63. The van der Waals surface area contributed by atoms with Gasteiger partial charge in [0, 0.05) is 30.5 Å². The van der Waals surface area contributed by atoms with Crippen LogP contribution in [0.2, 0.25) is 5.02 Å². The average Bonchev–Trinajstić information content (AvgIpc) is 3.29. The van der Waals surface area contributed by atoms with Crippen LogP contribution >= 0.6 is 11.6 Å². The Hall–Kier alpha value is -2.66. The molecule has 1 aromatic carbocycles. The summed E-state index contributed by atoms with van der Waals surface area (Å²) in [7, 11) is 1.84. The number of hydrogen-bond donors (Lipinski definition) is 0. The largest absolute Gasteiger partial charge is 0.330 e. The average molecular weight is 409 g/mol. The summed E-state index contributed by atoms with van der Waals surface area (Å²) in [5.41, 5.74) is 5.61. The number of pyridine rings is 1. The monoisotopic (exact) mass is 408 g/mol. The van der Waals surface area contributed by atoms with E-state index in [9.17, 15) is 4.79 Å². The Bertz CT molecular complexity index is 1060. The van der Waals surface area contributed by atoms with Gasteiger partial charge in [-0.1, -0.05) is 29.8 Å². The lowest BCUT2D eigenvalue weighted by Gasteiger charge is -2.25. The van der Waals surface area contributed by atoms with E-state index in [4.69, 9.17) is 16.6 Å². The van der Waals surface area contributed by atoms with Crippen LogP contribution < -0.4 is 0 Å². The topological polar surface area (TPSA) is 51.0 Å². The van der Waals surface area contributed by atoms with Crippen LogP contribution in [0.5, 0.6) is 0 Å². The lowest BCUT2D eigenvalue weighted by Crippen LogP contribution is -2.31. The van der Waals surface area contributed by atoms with Crippen molar-refractivity contribution in [2.45, 2.75) is 39.2 Å². The summed E-state index contributed by atoms with van der Waals surface area (Å²) < 4.78 is 1.69. The molecule has 150 valence electrons. The molecule has 1 atom stereocenters. The Morgan fingerprint density at radius 1 is 1.24 bits per heavy atom. The molecular weight excluding hydrogens is 384 g/mol. The summed E-state index contributed by atoms with van der Waals surface area (Å²) in [6.45, 7) is 4.63. The molecule has 0 spiro atoms. The molecule has 0 N–H and O–H groups in total. The van der Waals surface area contributed by atoms with Crippen LogP contribution in [0.4, 0.5) is 0 Å². The van der Waals surface area contributed by atoms with Gasteiger partial charge in [-0.2, -0.15) is 5.10 Å². The van der Waals surface area contributed by atoms with E-state index < -0.39 is 0 Å². The molecule has 1 aliphatic heterocycles. The molecule has 29 heavy (non-hydrogen) atoms. The number of amides is 1. The third-order valence-corrected chi connectivity index (χ3v) is 5.85. The first-order chi connectivity index (χ1) is 13.9. The number of likely N-dealkylation sites (tertiary alicyclic amines) is 1. The van der Waals surface area contributed by atoms with Gasteiger partial charge in [-0.25, -0.2) is 0 Å². The molecule has 1 amide bonds. The van der Waals surface area contributed by atoms with Crippen molar-refractivity contribution in [2.75, 3.05) is 6.54 Å². The Kier molecular flexibility index (Phi) is 5.41. The zero-order chi connectivity index (χ0) is 20.5. The SMILES string of the molecule is Cc1cc(Cc2ccccc2Cl)cc([C@@H]2CCCN2C(=O)c2cn(C)nc2C)n1. The summed E-state index contributed by atoms with van der Waals surface area (Å²) in [5.74, 6) is 0.0362. The van der Waals surface area contributed by atoms with Crippen molar-refractivity contribution in [2.24, 2.45) is 7.05 Å². The minimum atomic E-state index is -0.00741. The van der Waals surface area contributed by atoms with Crippen molar-refractivity contribution < 1.29 is 4.79 Å². The van der Waals surface area contributed by atoms with Gasteiger partial charge in [-0.15, -0.1) is 0 Å². The molecule has 1 saturated heterocycles. The van der Waals surface area contributed by atoms with E-state index in [1.807, 2.05) is 50.1 Å². The first kappa shape index (κ1) is 19.6. The minimum Gasteiger partial charge on any atom is -0.330 e. The molecule has 0 saturated carbocycles. The molecule has 3 aromatic rings. The van der Waals surface area contributed by atoms with Gasteiger partial charge in [-0.05, 0) is 62.4 Å². The molecule has 5 nitrogen and oxygen atoms in total. The molecule has 4 rings (SSSR count). The number of nitrogens with zero attached hydrogens (tertiary/aromatic N) is 4. The fraction of sp³-hybridized carbons (Fsp3) is 0.348. The third kappa shape index (κ3) is 4.06. The van der Waals surface area contributed by atoms with E-state index >= 15 is 0 Å². The second-order valence-electron chi connectivity index (χ2n) is 7.77. The highest BCUT2D eigenvalue weighted by Crippen LogP contribution is 2.33. The van der Waals surface area contributed by atoms with Crippen LogP contribution in [-0.4, -0.2) is 32.1 Å². The molecule has 1 aliphatic rings. The molecular formula is C23H25ClN4O. The van der Waals surface area contributed by atoms with Crippen LogP contribution in [-0.2, 0) is 13.5 Å². The standard InChI is InChI=1S/C23H25ClN4O/c1-15-11-17(12-18-7-4-5-8-20(18)24)13-21(25-15)22-9-6-10-28(22)23(29)19-14-27(3)26-16(19)2/h4-5,7-8,11,13-14,22H,6,9-10,12H2,1-3H3/t22-/m0/s1. The van der Waals surface area contributed by atoms with E-state index in [1.165, 1.54) is 0 Å². The third-order valence-electron chi connectivity index (χ3n) is 5.48. The van der Waals surface area contributed by atoms with Crippen LogP contribution in [0, 0.1) is 13.8 Å². The fourth-order valence-corrected chi connectivity index (χ4v) is 4.39. The fourth-order valence-electron chi connectivity index (χ4n) is 4.18. The van der Waals surface area contributed by atoms with E-state index in [-0.39, 0.29) is 11.9 Å². The lowest BCUT2D eigenvalue weighted by molar-refractivity contribution is 0.0732. The first-order valence-electron chi connectivity index (χ1n) is 9.94. The molecule has 0 unspecified atom stereocenters. The number of halogens is 1. The lowest BCUT2D eigenvalue weighted by atomic mass is 10.0. The van der Waals surface area contributed by atoms with E-state index in [0.29, 0.717) is 5.56 Å². The maximum Gasteiger partial charge on any atom is 0.257 e. The Morgan fingerprint density at radius 3 is 2.76 bits per heavy atom. The maximum absolute atomic E-state index is 13.2. The molecule has 0 bridgehead atoms. The molecule has 2 aromatic heterocycles. The zero-order valence-corrected chi connectivity index (χ0v) is 17.8. The van der Waals surface area contributed by atoms with Gasteiger partial charge < -0.3 is 4.90 Å². The molecule has 6 heteroatoms. The highest BCUT2D eigenvalue weighted by Gasteiger charge is 2.33. The molecule has 1 fully saturated rings. The second-order valence-corrected chi connectivity index (χ2v) is 8.18. The number of hydrogen-bond acceptors (Lipinski definition) is 3. The highest BCUT2D eigenvalue weighted by molar-refractivity contribution is 6.31. The number of carbonyl (C=O) groups is 1. The minimum absolute atomic E-state index is 0.00741. The smallest absolute Gasteiger partial charge is 0.257 e. The predicted molar refractivity (Wildman–Crippen MR) is 114 cm³/mol. The van der Waals surface area contributed by atoms with Crippen LogP contribution in [0.15, 0.2) is 42.6 Å². The number of benzene rings is 1. The quantitative estimate of drug-likeness (QED) is 0.631. The van der Waals surface area contributed by atoms with Crippen molar-refractivity contribution in [3.8, 4) is 0 Å². The van der Waals surface area contributed by atoms with Gasteiger partial charge in [0.15, 0.2) is 0 Å². The summed E-state index contributed by atoms with van der Waals surface area (Å²) >= 11 is 6.35. The highest BCUT2D eigenvalue weighted by atomic mass is 35.5. The molecule has 0 aliphatic carbocycles. The van der Waals surface area contributed by atoms with Crippen molar-refractivity contribution >= 4 is 17.5 Å². The van der Waals surface area contributed by atoms with E-state index in [1.54, 1.807) is 10.9 Å². The van der Waals surface area contributed by atoms with Gasteiger partial charge in [-0.3, -0.25) is 14.5 Å². The Morgan fingerprint density at radius 2 is 2.03 bits per heavy atom. The summed E-state index contributed by atoms with van der Waals surface area (Å²) in [4.78, 5) is 19.9. The van der Waals surface area contributed by atoms with Crippen LogP contribution in [0.3, 0.4) is 0 Å². The van der Waals surface area contributed by atoms with Gasteiger partial charge in [0.05, 0.1) is 23.0 Å². The Labute approximate surface area is 176 Å². The first-order valence-corrected chi connectivity index (χ1v) is 10.3. The number of aryl methyl sites for hydroxylation is 3. The van der Waals surface area contributed by atoms with Gasteiger partial charge in [0.1, 0.15) is 0 Å². The maximum atomic E-state index is 13.2. The summed E-state index contributed by atoms with van der Waals surface area (Å²) in [5, 5.41) is 5.10. The van der Waals surface area contributed by atoms with E-state index in [2.05, 4.69) is 17.2 Å². The zero-order valence-electron chi connectivity index (χ0n) is 17.0. The van der Waals surface area contributed by atoms with Crippen LogP contribution in [0.25, 0.3) is 0 Å². The van der Waals surface area contributed by atoms with Crippen molar-refractivity contribution in [3.05, 3.63) is 81.4 Å². The van der Waals surface area contributed by atoms with Crippen LogP contribution in [0.1, 0.15) is 57.5 Å². The molecule has 3 heterocycles.